The minimum Gasteiger partial charge on any atom is -0.289 e. The molecule has 0 bridgehead atoms. The summed E-state index contributed by atoms with van der Waals surface area (Å²) in [5, 5.41) is 11.2. The molecule has 0 amide bonds. The first-order valence-electron chi connectivity index (χ1n) is 5.20. The van der Waals surface area contributed by atoms with Gasteiger partial charge < -0.3 is 0 Å². The molecule has 1 heterocycles. The van der Waals surface area contributed by atoms with Gasteiger partial charge in [0.15, 0.2) is 0 Å². The second kappa shape index (κ2) is 5.07. The Morgan fingerprint density at radius 3 is 2.47 bits per heavy atom. The molecule has 0 aliphatic heterocycles. The molecule has 2 aromatic rings. The summed E-state index contributed by atoms with van der Waals surface area (Å²) in [6.45, 7) is 0.105. The number of halogens is 1. The number of nitrogens with zero attached hydrogens (tertiary/aromatic N) is 2. The Kier molecular flexibility index (Phi) is 3.48. The Hall–Kier alpha value is -2.41. The number of hydrogen-bond donors (Lipinski definition) is 1. The standard InChI is InChI=1S/C11H8ClN3O4/c12-8-3-1-7(2-4-8)5-14-6-9(15(18)19)10(16)13-11(14)17/h1-4,6H,5H2,(H,13,16,17). The summed E-state index contributed by atoms with van der Waals surface area (Å²) >= 11 is 5.73. The van der Waals surface area contributed by atoms with E-state index in [2.05, 4.69) is 0 Å². The van der Waals surface area contributed by atoms with Gasteiger partial charge in [0, 0.05) is 5.02 Å². The summed E-state index contributed by atoms with van der Waals surface area (Å²) in [7, 11) is 0. The maximum atomic E-state index is 11.5. The molecule has 1 aromatic carbocycles. The van der Waals surface area contributed by atoms with Crippen LogP contribution in [0.25, 0.3) is 0 Å². The highest BCUT2D eigenvalue weighted by atomic mass is 35.5. The van der Waals surface area contributed by atoms with Gasteiger partial charge in [0.25, 0.3) is 0 Å². The van der Waals surface area contributed by atoms with E-state index in [4.69, 9.17) is 11.6 Å². The number of aromatic nitrogens is 2. The van der Waals surface area contributed by atoms with Crippen LogP contribution < -0.4 is 11.2 Å². The molecule has 0 unspecified atom stereocenters. The van der Waals surface area contributed by atoms with Crippen LogP contribution in [-0.4, -0.2) is 14.5 Å². The van der Waals surface area contributed by atoms with Crippen molar-refractivity contribution in [1.82, 2.24) is 9.55 Å². The predicted molar refractivity (Wildman–Crippen MR) is 68.5 cm³/mol. The summed E-state index contributed by atoms with van der Waals surface area (Å²) in [5.41, 5.74) is -1.66. The smallest absolute Gasteiger partial charge is 0.289 e. The highest BCUT2D eigenvalue weighted by Crippen LogP contribution is 2.10. The van der Waals surface area contributed by atoms with Crippen molar-refractivity contribution in [3.8, 4) is 0 Å². The van der Waals surface area contributed by atoms with E-state index in [1.807, 2.05) is 4.98 Å². The number of H-pyrrole nitrogens is 1. The zero-order valence-electron chi connectivity index (χ0n) is 9.50. The van der Waals surface area contributed by atoms with Crippen molar-refractivity contribution in [1.29, 1.82) is 0 Å². The summed E-state index contributed by atoms with van der Waals surface area (Å²) < 4.78 is 1.06. The molecule has 0 saturated carbocycles. The van der Waals surface area contributed by atoms with E-state index in [0.717, 1.165) is 16.3 Å². The number of hydrogen-bond acceptors (Lipinski definition) is 4. The fraction of sp³-hybridized carbons (Fsp3) is 0.0909. The van der Waals surface area contributed by atoms with E-state index >= 15 is 0 Å². The molecule has 0 atom stereocenters. The van der Waals surface area contributed by atoms with Crippen LogP contribution in [0.2, 0.25) is 5.02 Å². The van der Waals surface area contributed by atoms with E-state index in [0.29, 0.717) is 5.02 Å². The van der Waals surface area contributed by atoms with E-state index in [-0.39, 0.29) is 6.54 Å². The van der Waals surface area contributed by atoms with E-state index in [9.17, 15) is 19.7 Å². The van der Waals surface area contributed by atoms with Gasteiger partial charge in [-0.2, -0.15) is 0 Å². The van der Waals surface area contributed by atoms with Crippen molar-refractivity contribution in [2.45, 2.75) is 6.54 Å². The van der Waals surface area contributed by atoms with Gasteiger partial charge in [0.1, 0.15) is 0 Å². The molecular weight excluding hydrogens is 274 g/mol. The Bertz CT molecular complexity index is 733. The third-order valence-electron chi connectivity index (χ3n) is 2.45. The average Bonchev–Trinajstić information content (AvgIpc) is 2.34. The lowest BCUT2D eigenvalue weighted by Gasteiger charge is -2.04. The van der Waals surface area contributed by atoms with Gasteiger partial charge >= 0.3 is 16.9 Å². The molecule has 0 saturated heterocycles. The number of rotatable bonds is 3. The molecule has 0 radical (unpaired) electrons. The molecule has 1 aromatic heterocycles. The van der Waals surface area contributed by atoms with Gasteiger partial charge in [-0.1, -0.05) is 23.7 Å². The lowest BCUT2D eigenvalue weighted by molar-refractivity contribution is -0.386. The number of nitro groups is 1. The topological polar surface area (TPSA) is 98.0 Å². The fourth-order valence-electron chi connectivity index (χ4n) is 1.53. The fourth-order valence-corrected chi connectivity index (χ4v) is 1.66. The summed E-state index contributed by atoms with van der Waals surface area (Å²) in [5.74, 6) is 0. The van der Waals surface area contributed by atoms with Crippen LogP contribution in [-0.2, 0) is 6.54 Å². The number of benzene rings is 1. The number of nitrogens with one attached hydrogen (secondary N) is 1. The van der Waals surface area contributed by atoms with Crippen LogP contribution in [0.1, 0.15) is 5.56 Å². The first kappa shape index (κ1) is 13.0. The van der Waals surface area contributed by atoms with Crippen molar-refractivity contribution >= 4 is 17.3 Å². The summed E-state index contributed by atoms with van der Waals surface area (Å²) in [6.07, 6.45) is 0.926. The van der Waals surface area contributed by atoms with Gasteiger partial charge in [0.05, 0.1) is 17.7 Å². The van der Waals surface area contributed by atoms with Crippen LogP contribution in [0.5, 0.6) is 0 Å². The molecule has 8 heteroatoms. The van der Waals surface area contributed by atoms with Crippen LogP contribution in [0.15, 0.2) is 40.1 Å². The molecule has 19 heavy (non-hydrogen) atoms. The van der Waals surface area contributed by atoms with E-state index in [1.54, 1.807) is 24.3 Å². The van der Waals surface area contributed by atoms with E-state index in [1.165, 1.54) is 0 Å². The molecular formula is C11H8ClN3O4. The highest BCUT2D eigenvalue weighted by molar-refractivity contribution is 6.30. The molecule has 7 nitrogen and oxygen atoms in total. The van der Waals surface area contributed by atoms with Crippen LogP contribution in [0.4, 0.5) is 5.69 Å². The Balaban J connectivity index is 2.43. The Labute approximate surface area is 111 Å². The summed E-state index contributed by atoms with van der Waals surface area (Å²) in [4.78, 5) is 34.5. The number of aromatic amines is 1. The zero-order chi connectivity index (χ0) is 14.0. The molecule has 0 aliphatic carbocycles. The first-order valence-corrected chi connectivity index (χ1v) is 5.58. The zero-order valence-corrected chi connectivity index (χ0v) is 10.3. The van der Waals surface area contributed by atoms with Gasteiger partial charge in [-0.05, 0) is 17.7 Å². The first-order chi connectivity index (χ1) is 8.97. The normalized spacial score (nSPS) is 10.4. The van der Waals surface area contributed by atoms with E-state index < -0.39 is 21.9 Å². The van der Waals surface area contributed by atoms with Crippen molar-refractivity contribution < 1.29 is 4.92 Å². The van der Waals surface area contributed by atoms with Crippen LogP contribution in [0, 0.1) is 10.1 Å². The lowest BCUT2D eigenvalue weighted by atomic mass is 10.2. The van der Waals surface area contributed by atoms with Gasteiger partial charge in [0.2, 0.25) is 0 Å². The molecule has 1 N–H and O–H groups in total. The monoisotopic (exact) mass is 281 g/mol. The van der Waals surface area contributed by atoms with Crippen LogP contribution >= 0.6 is 11.6 Å². The second-order valence-electron chi connectivity index (χ2n) is 3.79. The second-order valence-corrected chi connectivity index (χ2v) is 4.22. The minimum atomic E-state index is -1.01. The third kappa shape index (κ3) is 2.89. The Morgan fingerprint density at radius 2 is 1.89 bits per heavy atom. The third-order valence-corrected chi connectivity index (χ3v) is 2.71. The van der Waals surface area contributed by atoms with Gasteiger partial charge in [-0.3, -0.25) is 24.5 Å². The van der Waals surface area contributed by atoms with Crippen LogP contribution in [0.3, 0.4) is 0 Å². The highest BCUT2D eigenvalue weighted by Gasteiger charge is 2.14. The molecule has 0 aliphatic rings. The SMILES string of the molecule is O=c1[nH]c(=O)n(Cc2ccc(Cl)cc2)cc1[N+](=O)[O-]. The minimum absolute atomic E-state index is 0.105. The quantitative estimate of drug-likeness (QED) is 0.674. The molecule has 98 valence electrons. The summed E-state index contributed by atoms with van der Waals surface area (Å²) in [6, 6.07) is 6.65. The average molecular weight is 282 g/mol. The lowest BCUT2D eigenvalue weighted by Crippen LogP contribution is -2.31. The predicted octanol–water partition coefficient (Wildman–Crippen LogP) is 1.15. The van der Waals surface area contributed by atoms with Gasteiger partial charge in [-0.25, -0.2) is 4.79 Å². The largest absolute Gasteiger partial charge is 0.350 e. The molecule has 0 fully saturated rings. The van der Waals surface area contributed by atoms with Crippen molar-refractivity contribution in [3.05, 3.63) is 72.0 Å². The molecule has 0 spiro atoms. The van der Waals surface area contributed by atoms with Crippen molar-refractivity contribution in [3.63, 3.8) is 0 Å². The Morgan fingerprint density at radius 1 is 1.26 bits per heavy atom. The maximum Gasteiger partial charge on any atom is 0.350 e. The van der Waals surface area contributed by atoms with Crippen molar-refractivity contribution in [2.75, 3.05) is 0 Å². The van der Waals surface area contributed by atoms with Gasteiger partial charge in [-0.15, -0.1) is 0 Å². The van der Waals surface area contributed by atoms with Crippen molar-refractivity contribution in [2.24, 2.45) is 0 Å². The molecule has 2 rings (SSSR count). The maximum absolute atomic E-state index is 11.5.